The number of anilines is 2. The fourth-order valence-corrected chi connectivity index (χ4v) is 5.59. The summed E-state index contributed by atoms with van der Waals surface area (Å²) < 4.78 is 3.60. The predicted octanol–water partition coefficient (Wildman–Crippen LogP) is 4.41. The van der Waals surface area contributed by atoms with Crippen LogP contribution in [0.5, 0.6) is 0 Å². The Bertz CT molecular complexity index is 1990. The van der Waals surface area contributed by atoms with E-state index < -0.39 is 0 Å². The van der Waals surface area contributed by atoms with Crippen molar-refractivity contribution in [3.63, 3.8) is 0 Å². The van der Waals surface area contributed by atoms with E-state index in [0.717, 1.165) is 57.8 Å². The highest BCUT2D eigenvalue weighted by atomic mass is 16.1. The molecule has 192 valence electrons. The molecule has 1 aliphatic rings. The molecule has 6 aromatic rings. The van der Waals surface area contributed by atoms with Gasteiger partial charge < -0.3 is 11.1 Å². The van der Waals surface area contributed by atoms with Gasteiger partial charge in [-0.2, -0.15) is 5.10 Å². The third kappa shape index (κ3) is 3.65. The SMILES string of the molecule is Cc1ccccc1-n1c(Cn2nc(-c3cnc4c(c3)CCN4)c3c(N)ncnc32)cc2cccc(C)c2c1=O. The molecule has 4 aromatic heterocycles. The van der Waals surface area contributed by atoms with Crippen molar-refractivity contribution in [1.82, 2.24) is 29.3 Å². The normalized spacial score (nSPS) is 12.7. The number of pyridine rings is 2. The van der Waals surface area contributed by atoms with E-state index in [2.05, 4.69) is 32.4 Å². The number of aryl methyl sites for hydroxylation is 2. The van der Waals surface area contributed by atoms with Crippen LogP contribution in [0.4, 0.5) is 11.6 Å². The Balaban J connectivity index is 1.46. The molecule has 0 amide bonds. The molecule has 9 heteroatoms. The van der Waals surface area contributed by atoms with E-state index in [-0.39, 0.29) is 5.56 Å². The van der Waals surface area contributed by atoms with E-state index >= 15 is 0 Å². The fourth-order valence-electron chi connectivity index (χ4n) is 5.59. The second-order valence-electron chi connectivity index (χ2n) is 9.97. The number of nitrogens with two attached hydrogens (primary N) is 1. The summed E-state index contributed by atoms with van der Waals surface area (Å²) in [6.45, 7) is 5.15. The molecule has 5 heterocycles. The smallest absolute Gasteiger partial charge is 0.263 e. The van der Waals surface area contributed by atoms with Gasteiger partial charge >= 0.3 is 0 Å². The summed E-state index contributed by atoms with van der Waals surface area (Å²) in [4.78, 5) is 27.5. The third-order valence-electron chi connectivity index (χ3n) is 7.48. The second kappa shape index (κ2) is 8.76. The van der Waals surface area contributed by atoms with Crippen LogP contribution in [0.15, 0.2) is 71.9 Å². The van der Waals surface area contributed by atoms with Gasteiger partial charge in [-0.05, 0) is 60.5 Å². The minimum atomic E-state index is -0.0592. The van der Waals surface area contributed by atoms with Gasteiger partial charge in [-0.15, -0.1) is 0 Å². The molecule has 3 N–H and O–H groups in total. The zero-order chi connectivity index (χ0) is 26.7. The Labute approximate surface area is 224 Å². The Morgan fingerprint density at radius 2 is 1.82 bits per heavy atom. The van der Waals surface area contributed by atoms with Crippen LogP contribution in [0.1, 0.15) is 22.4 Å². The van der Waals surface area contributed by atoms with Crippen LogP contribution >= 0.6 is 0 Å². The molecule has 0 fully saturated rings. The standard InChI is InChI=1S/C30H26N8O/c1-17-6-3-4-9-23(17)38-22(13-19-8-5-7-18(2)24(19)30(38)39)15-37-29-25(27(31)34-16-35-29)26(36-37)21-12-20-10-11-32-28(20)33-14-21/h3-9,12-14,16H,10-11,15H2,1-2H3,(H,32,33)(H2,31,34,35). The summed E-state index contributed by atoms with van der Waals surface area (Å²) in [6, 6.07) is 18.0. The number of nitrogens with one attached hydrogen (secondary N) is 1. The van der Waals surface area contributed by atoms with Crippen molar-refractivity contribution in [3.8, 4) is 16.9 Å². The number of fused-ring (bicyclic) bond motifs is 3. The van der Waals surface area contributed by atoms with Crippen molar-refractivity contribution in [2.24, 2.45) is 0 Å². The monoisotopic (exact) mass is 514 g/mol. The summed E-state index contributed by atoms with van der Waals surface area (Å²) in [5, 5.41) is 10.6. The number of aromatic nitrogens is 6. The minimum Gasteiger partial charge on any atom is -0.383 e. The number of benzene rings is 2. The van der Waals surface area contributed by atoms with Crippen molar-refractivity contribution in [2.75, 3.05) is 17.6 Å². The van der Waals surface area contributed by atoms with Crippen LogP contribution < -0.4 is 16.6 Å². The first kappa shape index (κ1) is 23.1. The van der Waals surface area contributed by atoms with Gasteiger partial charge in [0.1, 0.15) is 23.7 Å². The maximum absolute atomic E-state index is 14.0. The minimum absolute atomic E-state index is 0.0592. The Morgan fingerprint density at radius 3 is 2.69 bits per heavy atom. The molecule has 1 aliphatic heterocycles. The van der Waals surface area contributed by atoms with Crippen LogP contribution in [0.3, 0.4) is 0 Å². The van der Waals surface area contributed by atoms with Gasteiger partial charge in [0.15, 0.2) is 5.65 Å². The molecule has 7 rings (SSSR count). The zero-order valence-electron chi connectivity index (χ0n) is 21.6. The van der Waals surface area contributed by atoms with Crippen LogP contribution in [0.2, 0.25) is 0 Å². The van der Waals surface area contributed by atoms with E-state index in [1.165, 1.54) is 6.33 Å². The topological polar surface area (TPSA) is 117 Å². The third-order valence-corrected chi connectivity index (χ3v) is 7.48. The number of hydrogen-bond donors (Lipinski definition) is 2. The number of nitrogens with zero attached hydrogens (tertiary/aromatic N) is 6. The Morgan fingerprint density at radius 1 is 0.974 bits per heavy atom. The van der Waals surface area contributed by atoms with Gasteiger partial charge in [0, 0.05) is 24.0 Å². The van der Waals surface area contributed by atoms with Gasteiger partial charge in [-0.3, -0.25) is 9.36 Å². The van der Waals surface area contributed by atoms with E-state index in [0.29, 0.717) is 34.5 Å². The first-order valence-electron chi connectivity index (χ1n) is 12.9. The molecule has 0 atom stereocenters. The maximum Gasteiger partial charge on any atom is 0.263 e. The van der Waals surface area contributed by atoms with Crippen molar-refractivity contribution in [2.45, 2.75) is 26.8 Å². The lowest BCUT2D eigenvalue weighted by Gasteiger charge is -2.17. The lowest BCUT2D eigenvalue weighted by atomic mass is 10.1. The van der Waals surface area contributed by atoms with Crippen molar-refractivity contribution in [3.05, 3.63) is 99.9 Å². The average molecular weight is 515 g/mol. The second-order valence-corrected chi connectivity index (χ2v) is 9.97. The summed E-state index contributed by atoms with van der Waals surface area (Å²) >= 11 is 0. The van der Waals surface area contributed by atoms with Crippen molar-refractivity contribution in [1.29, 1.82) is 0 Å². The number of nitrogen functional groups attached to an aromatic ring is 1. The molecule has 9 nitrogen and oxygen atoms in total. The molecule has 0 bridgehead atoms. The summed E-state index contributed by atoms with van der Waals surface area (Å²) in [6.07, 6.45) is 4.15. The summed E-state index contributed by atoms with van der Waals surface area (Å²) in [5.74, 6) is 1.26. The summed E-state index contributed by atoms with van der Waals surface area (Å²) in [7, 11) is 0. The predicted molar refractivity (Wildman–Crippen MR) is 153 cm³/mol. The van der Waals surface area contributed by atoms with Crippen LogP contribution in [0, 0.1) is 13.8 Å². The first-order valence-corrected chi connectivity index (χ1v) is 12.9. The highest BCUT2D eigenvalue weighted by molar-refractivity contribution is 5.98. The molecule has 0 aliphatic carbocycles. The lowest BCUT2D eigenvalue weighted by molar-refractivity contribution is 0.671. The quantitative estimate of drug-likeness (QED) is 0.358. The molecule has 0 unspecified atom stereocenters. The van der Waals surface area contributed by atoms with Crippen LogP contribution in [-0.4, -0.2) is 35.8 Å². The highest BCUT2D eigenvalue weighted by Gasteiger charge is 2.22. The van der Waals surface area contributed by atoms with Crippen LogP contribution in [0.25, 0.3) is 38.8 Å². The van der Waals surface area contributed by atoms with Gasteiger partial charge in [-0.25, -0.2) is 19.6 Å². The molecular formula is C30H26N8O. The van der Waals surface area contributed by atoms with Crippen molar-refractivity contribution >= 4 is 33.4 Å². The fraction of sp³-hybridized carbons (Fsp3) is 0.167. The van der Waals surface area contributed by atoms with E-state index in [1.807, 2.05) is 56.3 Å². The number of para-hydroxylation sites is 1. The van der Waals surface area contributed by atoms with Gasteiger partial charge in [0.05, 0.1) is 23.0 Å². The Kier molecular flexibility index (Phi) is 5.19. The van der Waals surface area contributed by atoms with E-state index in [9.17, 15) is 4.79 Å². The van der Waals surface area contributed by atoms with Gasteiger partial charge in [0.25, 0.3) is 5.56 Å². The van der Waals surface area contributed by atoms with Gasteiger partial charge in [0.2, 0.25) is 0 Å². The molecule has 0 saturated heterocycles. The maximum atomic E-state index is 14.0. The Hall–Kier alpha value is -5.05. The zero-order valence-corrected chi connectivity index (χ0v) is 21.6. The largest absolute Gasteiger partial charge is 0.383 e. The molecule has 0 saturated carbocycles. The van der Waals surface area contributed by atoms with Gasteiger partial charge in [-0.1, -0.05) is 36.4 Å². The first-order chi connectivity index (χ1) is 19.0. The number of hydrogen-bond acceptors (Lipinski definition) is 7. The molecular weight excluding hydrogens is 488 g/mol. The average Bonchev–Trinajstić information content (AvgIpc) is 3.55. The van der Waals surface area contributed by atoms with E-state index in [4.69, 9.17) is 10.8 Å². The number of rotatable bonds is 4. The molecule has 2 aromatic carbocycles. The summed E-state index contributed by atoms with van der Waals surface area (Å²) in [5.41, 5.74) is 13.2. The lowest BCUT2D eigenvalue weighted by Crippen LogP contribution is -2.25. The molecule has 0 spiro atoms. The molecule has 39 heavy (non-hydrogen) atoms. The highest BCUT2D eigenvalue weighted by Crippen LogP contribution is 2.33. The molecule has 0 radical (unpaired) electrons. The van der Waals surface area contributed by atoms with Crippen LogP contribution in [-0.2, 0) is 13.0 Å². The van der Waals surface area contributed by atoms with Crippen molar-refractivity contribution < 1.29 is 0 Å². The van der Waals surface area contributed by atoms with E-state index in [1.54, 1.807) is 15.4 Å².